The van der Waals surface area contributed by atoms with E-state index < -0.39 is 6.04 Å². The summed E-state index contributed by atoms with van der Waals surface area (Å²) < 4.78 is 14.1. The van der Waals surface area contributed by atoms with Gasteiger partial charge in [0.25, 0.3) is 0 Å². The van der Waals surface area contributed by atoms with Crippen molar-refractivity contribution in [1.29, 1.82) is 0 Å². The molecule has 3 aliphatic rings. The zero-order valence-electron chi connectivity index (χ0n) is 17.7. The number of nitrogens with one attached hydrogen (secondary N) is 2. The van der Waals surface area contributed by atoms with Crippen LogP contribution in [0.15, 0.2) is 36.4 Å². The summed E-state index contributed by atoms with van der Waals surface area (Å²) in [5.74, 6) is 0.117. The van der Waals surface area contributed by atoms with E-state index >= 15 is 0 Å². The molecule has 162 valence electrons. The minimum absolute atomic E-state index is 0.174. The lowest BCUT2D eigenvalue weighted by Gasteiger charge is -2.36. The van der Waals surface area contributed by atoms with Crippen LogP contribution < -0.4 is 15.5 Å². The molecule has 2 heterocycles. The van der Waals surface area contributed by atoms with Gasteiger partial charge in [0.05, 0.1) is 0 Å². The van der Waals surface area contributed by atoms with Crippen LogP contribution in [0.4, 0.5) is 21.5 Å². The first kappa shape index (κ1) is 19.8. The second kappa shape index (κ2) is 7.87. The summed E-state index contributed by atoms with van der Waals surface area (Å²) in [6.45, 7) is 4.96. The second-order valence-corrected chi connectivity index (χ2v) is 8.75. The molecule has 0 radical (unpaired) electrons. The molecule has 2 N–H and O–H groups in total. The molecule has 1 atom stereocenters. The van der Waals surface area contributed by atoms with Crippen molar-refractivity contribution in [2.24, 2.45) is 5.92 Å². The van der Waals surface area contributed by atoms with Crippen LogP contribution in [0.25, 0.3) is 0 Å². The summed E-state index contributed by atoms with van der Waals surface area (Å²) in [5, 5.41) is 6.14. The Balaban J connectivity index is 1.21. The standard InChI is InChI=1S/C24H27FN4O2/c1-15-5-8-20(25)19-14-21(27-22(15)19)23(30)26-17-3-2-4-18(13-17)28-9-11-29(12-10-28)24(31)16-6-7-16/h2-5,8,13,16,21,27H,6-7,9-12,14H2,1H3,(H,26,30). The molecule has 1 saturated heterocycles. The summed E-state index contributed by atoms with van der Waals surface area (Å²) >= 11 is 0. The van der Waals surface area contributed by atoms with Gasteiger partial charge >= 0.3 is 0 Å². The van der Waals surface area contributed by atoms with Crippen LogP contribution in [-0.4, -0.2) is 48.9 Å². The average molecular weight is 423 g/mol. The first-order valence-electron chi connectivity index (χ1n) is 11.0. The summed E-state index contributed by atoms with van der Waals surface area (Å²) in [6.07, 6.45) is 2.41. The Labute approximate surface area is 181 Å². The number of hydrogen-bond acceptors (Lipinski definition) is 4. The number of rotatable bonds is 4. The predicted molar refractivity (Wildman–Crippen MR) is 119 cm³/mol. The molecular formula is C24H27FN4O2. The Bertz CT molecular complexity index is 997. The first-order valence-corrected chi connectivity index (χ1v) is 11.0. The number of nitrogens with zero attached hydrogens (tertiary/aromatic N) is 2. The van der Waals surface area contributed by atoms with E-state index in [1.165, 1.54) is 6.07 Å². The van der Waals surface area contributed by atoms with Crippen LogP contribution >= 0.6 is 0 Å². The van der Waals surface area contributed by atoms with E-state index in [-0.39, 0.29) is 17.6 Å². The Kier molecular flexibility index (Phi) is 5.04. The normalized spacial score (nSPS) is 20.3. The quantitative estimate of drug-likeness (QED) is 0.795. The van der Waals surface area contributed by atoms with Crippen molar-refractivity contribution in [3.05, 3.63) is 53.3 Å². The molecule has 0 aromatic heterocycles. The predicted octanol–water partition coefficient (Wildman–Crippen LogP) is 3.17. The number of benzene rings is 2. The van der Waals surface area contributed by atoms with E-state index in [1.807, 2.05) is 36.1 Å². The maximum atomic E-state index is 14.1. The van der Waals surface area contributed by atoms with E-state index in [9.17, 15) is 14.0 Å². The number of carbonyl (C=O) groups excluding carboxylic acids is 2. The van der Waals surface area contributed by atoms with Gasteiger partial charge in [0.1, 0.15) is 11.9 Å². The van der Waals surface area contributed by atoms with Gasteiger partial charge in [-0.3, -0.25) is 9.59 Å². The highest BCUT2D eigenvalue weighted by Crippen LogP contribution is 2.33. The third-order valence-corrected chi connectivity index (χ3v) is 6.50. The minimum Gasteiger partial charge on any atom is -0.373 e. The van der Waals surface area contributed by atoms with Crippen molar-refractivity contribution in [3.8, 4) is 0 Å². The number of anilines is 3. The minimum atomic E-state index is -0.494. The van der Waals surface area contributed by atoms with E-state index in [0.717, 1.165) is 56.0 Å². The lowest BCUT2D eigenvalue weighted by Crippen LogP contribution is -2.49. The van der Waals surface area contributed by atoms with Gasteiger partial charge in [0.15, 0.2) is 0 Å². The van der Waals surface area contributed by atoms with Gasteiger partial charge in [-0.2, -0.15) is 0 Å². The molecule has 1 aliphatic carbocycles. The van der Waals surface area contributed by atoms with Crippen molar-refractivity contribution < 1.29 is 14.0 Å². The van der Waals surface area contributed by atoms with Crippen molar-refractivity contribution in [3.63, 3.8) is 0 Å². The van der Waals surface area contributed by atoms with E-state index in [1.54, 1.807) is 6.07 Å². The van der Waals surface area contributed by atoms with Crippen molar-refractivity contribution in [2.45, 2.75) is 32.2 Å². The van der Waals surface area contributed by atoms with Gasteiger partial charge < -0.3 is 20.4 Å². The van der Waals surface area contributed by atoms with Gasteiger partial charge in [-0.25, -0.2) is 4.39 Å². The smallest absolute Gasteiger partial charge is 0.247 e. The second-order valence-electron chi connectivity index (χ2n) is 8.75. The topological polar surface area (TPSA) is 64.7 Å². The maximum absolute atomic E-state index is 14.1. The van der Waals surface area contributed by atoms with E-state index in [2.05, 4.69) is 15.5 Å². The van der Waals surface area contributed by atoms with Crippen molar-refractivity contribution in [2.75, 3.05) is 41.7 Å². The molecule has 0 bridgehead atoms. The van der Waals surface area contributed by atoms with Crippen LogP contribution in [0.3, 0.4) is 0 Å². The molecule has 2 aliphatic heterocycles. The van der Waals surface area contributed by atoms with Crippen LogP contribution in [0.5, 0.6) is 0 Å². The number of amides is 2. The Morgan fingerprint density at radius 3 is 2.58 bits per heavy atom. The molecule has 2 aromatic rings. The maximum Gasteiger partial charge on any atom is 0.247 e. The number of halogens is 1. The summed E-state index contributed by atoms with van der Waals surface area (Å²) in [5.41, 5.74) is 3.99. The zero-order chi connectivity index (χ0) is 21.5. The third-order valence-electron chi connectivity index (χ3n) is 6.50. The number of fused-ring (bicyclic) bond motifs is 1. The van der Waals surface area contributed by atoms with Crippen LogP contribution in [0.2, 0.25) is 0 Å². The fraction of sp³-hybridized carbons (Fsp3) is 0.417. The largest absolute Gasteiger partial charge is 0.373 e. The molecule has 0 spiro atoms. The molecule has 5 rings (SSSR count). The number of aryl methyl sites for hydroxylation is 1. The molecule has 31 heavy (non-hydrogen) atoms. The van der Waals surface area contributed by atoms with E-state index in [0.29, 0.717) is 23.6 Å². The summed E-state index contributed by atoms with van der Waals surface area (Å²) in [4.78, 5) is 29.3. The van der Waals surface area contributed by atoms with Gasteiger partial charge in [-0.05, 0) is 49.6 Å². The third kappa shape index (κ3) is 3.96. The van der Waals surface area contributed by atoms with Gasteiger partial charge in [0, 0.05) is 61.1 Å². The lowest BCUT2D eigenvalue weighted by atomic mass is 10.1. The highest BCUT2D eigenvalue weighted by atomic mass is 19.1. The molecule has 1 unspecified atom stereocenters. The Morgan fingerprint density at radius 1 is 1.10 bits per heavy atom. The number of carbonyl (C=O) groups is 2. The molecule has 2 fully saturated rings. The van der Waals surface area contributed by atoms with Gasteiger partial charge in [-0.15, -0.1) is 0 Å². The highest BCUT2D eigenvalue weighted by molar-refractivity contribution is 5.98. The molecule has 1 saturated carbocycles. The number of hydrogen-bond donors (Lipinski definition) is 2. The first-order chi connectivity index (χ1) is 15.0. The Hall–Kier alpha value is -3.09. The highest BCUT2D eigenvalue weighted by Gasteiger charge is 2.34. The zero-order valence-corrected chi connectivity index (χ0v) is 17.7. The van der Waals surface area contributed by atoms with Crippen molar-refractivity contribution >= 4 is 28.9 Å². The summed E-state index contributed by atoms with van der Waals surface area (Å²) in [7, 11) is 0. The Morgan fingerprint density at radius 2 is 1.87 bits per heavy atom. The lowest BCUT2D eigenvalue weighted by molar-refractivity contribution is -0.132. The van der Waals surface area contributed by atoms with Crippen molar-refractivity contribution in [1.82, 2.24) is 4.90 Å². The fourth-order valence-corrected chi connectivity index (χ4v) is 4.51. The molecular weight excluding hydrogens is 395 g/mol. The van der Waals surface area contributed by atoms with Gasteiger partial charge in [0.2, 0.25) is 11.8 Å². The molecule has 6 nitrogen and oxygen atoms in total. The summed E-state index contributed by atoms with van der Waals surface area (Å²) in [6, 6.07) is 10.5. The monoisotopic (exact) mass is 422 g/mol. The van der Waals surface area contributed by atoms with Crippen LogP contribution in [0, 0.1) is 18.7 Å². The fourth-order valence-electron chi connectivity index (χ4n) is 4.51. The van der Waals surface area contributed by atoms with Crippen LogP contribution in [-0.2, 0) is 16.0 Å². The molecule has 2 amide bonds. The molecule has 7 heteroatoms. The number of piperazine rings is 1. The van der Waals surface area contributed by atoms with E-state index in [4.69, 9.17) is 0 Å². The van der Waals surface area contributed by atoms with Crippen LogP contribution in [0.1, 0.15) is 24.0 Å². The van der Waals surface area contributed by atoms with Gasteiger partial charge in [-0.1, -0.05) is 12.1 Å². The SMILES string of the molecule is Cc1ccc(F)c2c1NC(C(=O)Nc1cccc(N3CCN(C(=O)C4CC4)CC3)c1)C2. The molecule has 2 aromatic carbocycles. The average Bonchev–Trinajstić information content (AvgIpc) is 3.53.